The lowest BCUT2D eigenvalue weighted by atomic mass is 10.1. The van der Waals surface area contributed by atoms with Crippen LogP contribution < -0.4 is 10.1 Å². The van der Waals surface area contributed by atoms with E-state index in [2.05, 4.69) is 5.32 Å². The van der Waals surface area contributed by atoms with E-state index in [9.17, 15) is 4.79 Å². The molecule has 2 aromatic rings. The Labute approximate surface area is 131 Å². The summed E-state index contributed by atoms with van der Waals surface area (Å²) in [4.78, 5) is 11.2. The SMILES string of the molecule is CCOC(=O)NCCc1cccc(Oc2ccccc2C)c1. The van der Waals surface area contributed by atoms with Gasteiger partial charge in [-0.25, -0.2) is 4.79 Å². The molecule has 116 valence electrons. The molecule has 2 aromatic carbocycles. The topological polar surface area (TPSA) is 47.6 Å². The maximum Gasteiger partial charge on any atom is 0.407 e. The molecule has 22 heavy (non-hydrogen) atoms. The summed E-state index contributed by atoms with van der Waals surface area (Å²) in [6, 6.07) is 15.8. The number of aryl methyl sites for hydroxylation is 1. The van der Waals surface area contributed by atoms with E-state index in [1.54, 1.807) is 6.92 Å². The maximum absolute atomic E-state index is 11.2. The summed E-state index contributed by atoms with van der Waals surface area (Å²) in [6.45, 7) is 4.71. The molecule has 0 heterocycles. The molecular formula is C18H21NO3. The molecule has 1 N–H and O–H groups in total. The Morgan fingerprint density at radius 3 is 2.73 bits per heavy atom. The Kier molecular flexibility index (Phi) is 5.83. The van der Waals surface area contributed by atoms with Crippen molar-refractivity contribution in [3.63, 3.8) is 0 Å². The smallest absolute Gasteiger partial charge is 0.407 e. The fraction of sp³-hybridized carbons (Fsp3) is 0.278. The number of hydrogen-bond acceptors (Lipinski definition) is 3. The van der Waals surface area contributed by atoms with Crippen molar-refractivity contribution in [3.05, 3.63) is 59.7 Å². The van der Waals surface area contributed by atoms with Gasteiger partial charge in [0, 0.05) is 6.54 Å². The Hall–Kier alpha value is -2.49. The Bertz CT molecular complexity index is 625. The van der Waals surface area contributed by atoms with Gasteiger partial charge in [-0.05, 0) is 49.6 Å². The molecule has 1 amide bonds. The van der Waals surface area contributed by atoms with Crippen LogP contribution in [0.15, 0.2) is 48.5 Å². The molecule has 0 radical (unpaired) electrons. The van der Waals surface area contributed by atoms with Crippen molar-refractivity contribution >= 4 is 6.09 Å². The number of hydrogen-bond donors (Lipinski definition) is 1. The first kappa shape index (κ1) is 15.9. The Morgan fingerprint density at radius 1 is 1.14 bits per heavy atom. The van der Waals surface area contributed by atoms with Gasteiger partial charge in [0.1, 0.15) is 11.5 Å². The number of ether oxygens (including phenoxy) is 2. The second-order valence-electron chi connectivity index (χ2n) is 4.91. The molecule has 0 bridgehead atoms. The zero-order valence-corrected chi connectivity index (χ0v) is 13.0. The molecular weight excluding hydrogens is 278 g/mol. The minimum atomic E-state index is -0.380. The minimum absolute atomic E-state index is 0.380. The molecule has 0 aromatic heterocycles. The van der Waals surface area contributed by atoms with Crippen molar-refractivity contribution in [1.82, 2.24) is 5.32 Å². The van der Waals surface area contributed by atoms with E-state index in [1.165, 1.54) is 0 Å². The van der Waals surface area contributed by atoms with Crippen LogP contribution in [0.3, 0.4) is 0 Å². The van der Waals surface area contributed by atoms with E-state index in [0.29, 0.717) is 13.2 Å². The zero-order chi connectivity index (χ0) is 15.8. The quantitative estimate of drug-likeness (QED) is 0.874. The number of benzene rings is 2. The molecule has 0 aliphatic rings. The van der Waals surface area contributed by atoms with E-state index in [4.69, 9.17) is 9.47 Å². The third-order valence-electron chi connectivity index (χ3n) is 3.18. The molecule has 0 saturated heterocycles. The molecule has 4 nitrogen and oxygen atoms in total. The largest absolute Gasteiger partial charge is 0.457 e. The Balaban J connectivity index is 1.93. The van der Waals surface area contributed by atoms with Crippen LogP contribution in [0.5, 0.6) is 11.5 Å². The van der Waals surface area contributed by atoms with Crippen LogP contribution in [0, 0.1) is 6.92 Å². The molecule has 0 atom stereocenters. The molecule has 0 saturated carbocycles. The average molecular weight is 299 g/mol. The first-order valence-corrected chi connectivity index (χ1v) is 7.42. The van der Waals surface area contributed by atoms with E-state index < -0.39 is 0 Å². The number of nitrogens with one attached hydrogen (secondary N) is 1. The van der Waals surface area contributed by atoms with Crippen LogP contribution in [-0.2, 0) is 11.2 Å². The number of rotatable bonds is 6. The summed E-state index contributed by atoms with van der Waals surface area (Å²) in [5.41, 5.74) is 2.19. The maximum atomic E-state index is 11.2. The lowest BCUT2D eigenvalue weighted by molar-refractivity contribution is 0.152. The molecule has 0 aliphatic heterocycles. The van der Waals surface area contributed by atoms with E-state index in [0.717, 1.165) is 29.0 Å². The fourth-order valence-corrected chi connectivity index (χ4v) is 2.05. The first-order chi connectivity index (χ1) is 10.7. The summed E-state index contributed by atoms with van der Waals surface area (Å²) in [6.07, 6.45) is 0.346. The second-order valence-corrected chi connectivity index (χ2v) is 4.91. The van der Waals surface area contributed by atoms with Crippen molar-refractivity contribution < 1.29 is 14.3 Å². The number of carbonyl (C=O) groups excluding carboxylic acids is 1. The van der Waals surface area contributed by atoms with Gasteiger partial charge in [-0.3, -0.25) is 0 Å². The molecule has 0 unspecified atom stereocenters. The highest BCUT2D eigenvalue weighted by atomic mass is 16.5. The second kappa shape index (κ2) is 8.08. The molecule has 0 spiro atoms. The molecule has 4 heteroatoms. The minimum Gasteiger partial charge on any atom is -0.457 e. The van der Waals surface area contributed by atoms with Crippen molar-refractivity contribution in [1.29, 1.82) is 0 Å². The van der Waals surface area contributed by atoms with Crippen LogP contribution in [-0.4, -0.2) is 19.2 Å². The average Bonchev–Trinajstić information content (AvgIpc) is 2.50. The predicted octanol–water partition coefficient (Wildman–Crippen LogP) is 4.08. The van der Waals surface area contributed by atoms with Gasteiger partial charge in [0.15, 0.2) is 0 Å². The molecule has 0 aliphatic carbocycles. The highest BCUT2D eigenvalue weighted by Gasteiger charge is 2.03. The van der Waals surface area contributed by atoms with E-state index in [1.807, 2.05) is 55.5 Å². The lowest BCUT2D eigenvalue weighted by Gasteiger charge is -2.10. The van der Waals surface area contributed by atoms with Crippen molar-refractivity contribution in [2.75, 3.05) is 13.2 Å². The lowest BCUT2D eigenvalue weighted by Crippen LogP contribution is -2.26. The van der Waals surface area contributed by atoms with Crippen molar-refractivity contribution in [2.24, 2.45) is 0 Å². The summed E-state index contributed by atoms with van der Waals surface area (Å²) in [5.74, 6) is 1.65. The van der Waals surface area contributed by atoms with Crippen LogP contribution in [0.2, 0.25) is 0 Å². The molecule has 0 fully saturated rings. The number of alkyl carbamates (subject to hydrolysis) is 1. The highest BCUT2D eigenvalue weighted by Crippen LogP contribution is 2.25. The number of carbonyl (C=O) groups is 1. The first-order valence-electron chi connectivity index (χ1n) is 7.42. The normalized spacial score (nSPS) is 10.1. The van der Waals surface area contributed by atoms with Gasteiger partial charge in [-0.2, -0.15) is 0 Å². The van der Waals surface area contributed by atoms with Crippen LogP contribution in [0.4, 0.5) is 4.79 Å². The van der Waals surface area contributed by atoms with Gasteiger partial charge in [0.05, 0.1) is 6.61 Å². The predicted molar refractivity (Wildman–Crippen MR) is 86.4 cm³/mol. The van der Waals surface area contributed by atoms with E-state index in [-0.39, 0.29) is 6.09 Å². The van der Waals surface area contributed by atoms with Gasteiger partial charge in [-0.15, -0.1) is 0 Å². The monoisotopic (exact) mass is 299 g/mol. The van der Waals surface area contributed by atoms with Crippen molar-refractivity contribution in [3.8, 4) is 11.5 Å². The standard InChI is InChI=1S/C18H21NO3/c1-3-21-18(20)19-12-11-15-8-6-9-16(13-15)22-17-10-5-4-7-14(17)2/h4-10,13H,3,11-12H2,1-2H3,(H,19,20). The van der Waals surface area contributed by atoms with Crippen LogP contribution >= 0.6 is 0 Å². The van der Waals surface area contributed by atoms with Crippen molar-refractivity contribution in [2.45, 2.75) is 20.3 Å². The summed E-state index contributed by atoms with van der Waals surface area (Å²) in [7, 11) is 0. The van der Waals surface area contributed by atoms with Gasteiger partial charge < -0.3 is 14.8 Å². The van der Waals surface area contributed by atoms with E-state index >= 15 is 0 Å². The highest BCUT2D eigenvalue weighted by molar-refractivity contribution is 5.67. The van der Waals surface area contributed by atoms with Gasteiger partial charge in [-0.1, -0.05) is 30.3 Å². The van der Waals surface area contributed by atoms with Gasteiger partial charge in [0.25, 0.3) is 0 Å². The Morgan fingerprint density at radius 2 is 1.95 bits per heavy atom. The van der Waals surface area contributed by atoms with Crippen LogP contribution in [0.25, 0.3) is 0 Å². The summed E-state index contributed by atoms with van der Waals surface area (Å²) < 4.78 is 10.7. The third kappa shape index (κ3) is 4.81. The molecule has 2 rings (SSSR count). The summed E-state index contributed by atoms with van der Waals surface area (Å²) in [5, 5.41) is 2.71. The van der Waals surface area contributed by atoms with Gasteiger partial charge >= 0.3 is 6.09 Å². The number of para-hydroxylation sites is 1. The van der Waals surface area contributed by atoms with Crippen LogP contribution in [0.1, 0.15) is 18.1 Å². The fourth-order valence-electron chi connectivity index (χ4n) is 2.05. The zero-order valence-electron chi connectivity index (χ0n) is 13.0. The summed E-state index contributed by atoms with van der Waals surface area (Å²) >= 11 is 0. The van der Waals surface area contributed by atoms with Gasteiger partial charge in [0.2, 0.25) is 0 Å². The number of amides is 1. The third-order valence-corrected chi connectivity index (χ3v) is 3.18.